The number of halogens is 2. The molecule has 6 aromatic carbocycles. The summed E-state index contributed by atoms with van der Waals surface area (Å²) in [6.45, 7) is 25.8. The molecule has 13 rings (SSSR count). The summed E-state index contributed by atoms with van der Waals surface area (Å²) in [5, 5.41) is 16.6. The monoisotopic (exact) mass is 1360 g/mol. The normalized spacial score (nSPS) is 15.8. The number of aryl methyl sites for hydroxylation is 9. The maximum absolute atomic E-state index is 12.8. The number of thiazole rings is 5. The van der Waals surface area contributed by atoms with Crippen molar-refractivity contribution in [3.8, 4) is 23.0 Å². The maximum Gasteiger partial charge on any atom is 0.223 e. The van der Waals surface area contributed by atoms with Crippen molar-refractivity contribution in [3.63, 3.8) is 0 Å². The summed E-state index contributed by atoms with van der Waals surface area (Å²) in [5.74, 6) is 3.62. The van der Waals surface area contributed by atoms with Crippen molar-refractivity contribution in [2.75, 3.05) is 20.2 Å². The molecule has 13 nitrogen and oxygen atoms in total. The number of amides is 2. The molecule has 2 aliphatic rings. The molecule has 2 N–H and O–H groups in total. The summed E-state index contributed by atoms with van der Waals surface area (Å²) in [7, 11) is 1.66. The Morgan fingerprint density at radius 1 is 0.565 bits per heavy atom. The van der Waals surface area contributed by atoms with E-state index in [0.29, 0.717) is 31.7 Å². The molecule has 0 spiro atoms. The number of fused-ring (bicyclic) bond motifs is 5. The molecular formula is C65H69Br2N7O6S5. The smallest absolute Gasteiger partial charge is 0.223 e. The Hall–Kier alpha value is -6.13. The molecule has 0 unspecified atom stereocenters. The van der Waals surface area contributed by atoms with Crippen LogP contribution in [0.5, 0.6) is 23.0 Å². The van der Waals surface area contributed by atoms with Crippen LogP contribution in [0, 0.1) is 74.1 Å². The third-order valence-electron chi connectivity index (χ3n) is 14.6. The molecule has 0 bridgehead atoms. The van der Waals surface area contributed by atoms with E-state index in [0.717, 1.165) is 110 Å². The van der Waals surface area contributed by atoms with Crippen molar-refractivity contribution < 1.29 is 28.9 Å². The number of phenolic OH excluding ortho intramolecular Hbond substituents is 1. The number of carbonyl (C=O) groups excluding carboxylic acids is 2. The second kappa shape index (κ2) is 27.7. The topological polar surface area (TPSA) is 162 Å². The molecule has 0 radical (unpaired) electrons. The van der Waals surface area contributed by atoms with Crippen LogP contribution < -0.4 is 19.5 Å². The Labute approximate surface area is 533 Å². The second-order valence-electron chi connectivity index (χ2n) is 21.7. The van der Waals surface area contributed by atoms with Crippen LogP contribution in [0.4, 0.5) is 0 Å². The Bertz CT molecular complexity index is 4110. The highest BCUT2D eigenvalue weighted by Crippen LogP contribution is 2.39. The summed E-state index contributed by atoms with van der Waals surface area (Å²) < 4.78 is 25.6. The van der Waals surface area contributed by atoms with Gasteiger partial charge in [0.05, 0.1) is 89.8 Å². The zero-order chi connectivity index (χ0) is 61.0. The molecule has 5 atom stereocenters. The fourth-order valence-corrected chi connectivity index (χ4v) is 15.9. The van der Waals surface area contributed by atoms with Gasteiger partial charge in [-0.25, -0.2) is 24.9 Å². The van der Waals surface area contributed by atoms with Crippen LogP contribution in [-0.2, 0) is 9.59 Å². The van der Waals surface area contributed by atoms with E-state index in [1.165, 1.54) is 31.9 Å². The van der Waals surface area contributed by atoms with Crippen molar-refractivity contribution in [3.05, 3.63) is 153 Å². The van der Waals surface area contributed by atoms with Crippen molar-refractivity contribution in [1.29, 1.82) is 0 Å². The Morgan fingerprint density at radius 2 is 1.01 bits per heavy atom. The summed E-state index contributed by atoms with van der Waals surface area (Å²) >= 11 is 15.3. The number of phenols is 1. The molecule has 2 amide bonds. The van der Waals surface area contributed by atoms with Crippen LogP contribution in [0.15, 0.2) is 99.4 Å². The van der Waals surface area contributed by atoms with Gasteiger partial charge in [0.1, 0.15) is 35.2 Å². The lowest BCUT2D eigenvalue weighted by Gasteiger charge is -2.27. The zero-order valence-corrected chi connectivity index (χ0v) is 57.1. The van der Waals surface area contributed by atoms with Crippen molar-refractivity contribution in [2.24, 2.45) is 11.8 Å². The molecule has 5 aromatic heterocycles. The van der Waals surface area contributed by atoms with E-state index < -0.39 is 0 Å². The number of aromatic nitrogens is 5. The minimum Gasteiger partial charge on any atom is -0.506 e. The number of ether oxygens (including phenoxy) is 3. The van der Waals surface area contributed by atoms with Gasteiger partial charge in [-0.1, -0.05) is 12.1 Å². The van der Waals surface area contributed by atoms with Crippen LogP contribution in [0.1, 0.15) is 93.1 Å². The summed E-state index contributed by atoms with van der Waals surface area (Å²) in [4.78, 5) is 48.1. The minimum absolute atomic E-state index is 0.0151. The number of nitrogens with one attached hydrogen (secondary N) is 1. The summed E-state index contributed by atoms with van der Waals surface area (Å²) in [6.07, 6.45) is 1.02. The number of nitrogens with zero attached hydrogens (tertiary/aromatic N) is 6. The number of carbonyl (C=O) groups is 2. The van der Waals surface area contributed by atoms with Gasteiger partial charge in [0.25, 0.3) is 0 Å². The van der Waals surface area contributed by atoms with Gasteiger partial charge < -0.3 is 29.5 Å². The lowest BCUT2D eigenvalue weighted by molar-refractivity contribution is -0.129. The van der Waals surface area contributed by atoms with E-state index in [1.54, 1.807) is 58.5 Å². The van der Waals surface area contributed by atoms with E-state index in [9.17, 15) is 14.7 Å². The molecule has 11 aromatic rings. The molecule has 85 heavy (non-hydrogen) atoms. The maximum atomic E-state index is 12.8. The predicted molar refractivity (Wildman–Crippen MR) is 360 cm³/mol. The van der Waals surface area contributed by atoms with E-state index in [2.05, 4.69) is 145 Å². The number of rotatable bonds is 9. The molecule has 7 heterocycles. The van der Waals surface area contributed by atoms with Crippen molar-refractivity contribution >= 4 is 151 Å². The minimum atomic E-state index is -0.0607. The highest BCUT2D eigenvalue weighted by molar-refractivity contribution is 9.11. The predicted octanol–water partition coefficient (Wildman–Crippen LogP) is 17.8. The van der Waals surface area contributed by atoms with Gasteiger partial charge in [0.15, 0.2) is 0 Å². The number of likely N-dealkylation sites (tertiary alicyclic amines) is 1. The third kappa shape index (κ3) is 15.7. The van der Waals surface area contributed by atoms with Crippen LogP contribution in [0.2, 0.25) is 0 Å². The highest BCUT2D eigenvalue weighted by Gasteiger charge is 2.37. The molecule has 0 aliphatic carbocycles. The molecule has 444 valence electrons. The summed E-state index contributed by atoms with van der Waals surface area (Å²) in [6, 6.07) is 28.5. The first-order chi connectivity index (χ1) is 40.5. The largest absolute Gasteiger partial charge is 0.506 e. The quantitative estimate of drug-likeness (QED) is 0.141. The lowest BCUT2D eigenvalue weighted by atomic mass is 10.0. The Balaban J connectivity index is 0.000000135. The molecule has 0 saturated carbocycles. The molecular weight excluding hydrogens is 1290 g/mol. The van der Waals surface area contributed by atoms with Gasteiger partial charge in [-0.3, -0.25) is 9.59 Å². The first-order valence-electron chi connectivity index (χ1n) is 27.9. The number of hydrogen-bond donors (Lipinski definition) is 2. The molecule has 2 aliphatic heterocycles. The Kier molecular flexibility index (Phi) is 20.7. The van der Waals surface area contributed by atoms with Crippen molar-refractivity contribution in [1.82, 2.24) is 35.1 Å². The van der Waals surface area contributed by atoms with Crippen LogP contribution in [-0.4, -0.2) is 79.1 Å². The number of aromatic hydroxyl groups is 1. The van der Waals surface area contributed by atoms with Crippen LogP contribution in [0.25, 0.3) is 51.1 Å². The van der Waals surface area contributed by atoms with Gasteiger partial charge >= 0.3 is 0 Å². The third-order valence-corrected chi connectivity index (χ3v) is 21.3. The first kappa shape index (κ1) is 63.4. The average Bonchev–Trinajstić information content (AvgIpc) is 3.31. The van der Waals surface area contributed by atoms with Gasteiger partial charge in [0, 0.05) is 46.7 Å². The lowest BCUT2D eigenvalue weighted by Crippen LogP contribution is -2.31. The number of methoxy groups -OCH3 is 1. The SMILES string of the molecule is COc1ccc([C@@H](C)N2C[C@H]([C@@H](C)Oc3cc(C)cc4nc(C)sc34)CC2=O)cc1.Cc1cc(Br)c2sc(C)nc2c1.Cc1cc(Br)c2scnc2c1.Cc1cc(O)c2sc(C)nc2c1.Cc1cc(O[C@H](C)[C@H]2CNC(=O)C2)c2sc(C)nc2c1. The fraction of sp³-hybridized carbons (Fsp3) is 0.338. The van der Waals surface area contributed by atoms with Gasteiger partial charge in [-0.15, -0.1) is 56.7 Å². The van der Waals surface area contributed by atoms with Crippen molar-refractivity contribution in [2.45, 2.75) is 114 Å². The van der Waals surface area contributed by atoms with Gasteiger partial charge in [0.2, 0.25) is 11.8 Å². The van der Waals surface area contributed by atoms with E-state index in [4.69, 9.17) is 14.2 Å². The zero-order valence-electron chi connectivity index (χ0n) is 49.8. The average molecular weight is 1360 g/mol. The van der Waals surface area contributed by atoms with Crippen LogP contribution >= 0.6 is 88.5 Å². The first-order valence-corrected chi connectivity index (χ1v) is 33.6. The molecule has 2 fully saturated rings. The Morgan fingerprint density at radius 3 is 1.53 bits per heavy atom. The van der Waals surface area contributed by atoms with Gasteiger partial charge in [-0.05, 0) is 221 Å². The standard InChI is InChI=1S/C24H28N2O3S.C15H18N2O2S.C9H8BrNS.C9H9NOS.C8H6BrNS/c1-14-10-21-24(30-17(4)25-21)22(11-14)29-16(3)19-12-23(27)26(13-19)15(2)18-6-8-20(28-5)9-7-18;1-8-4-12-15(20-10(3)17-12)13(5-8)19-9(2)11-6-14(18)16-7-11;1-5-3-7(10)9-8(4-5)11-6(2)12-9;1-5-3-7-9(8(11)4-5)12-6(2)10-7;1-5-2-6(9)8-7(3-5)10-4-11-8/h6-11,15-16,19H,12-13H2,1-5H3;4-5,9,11H,6-7H2,1-3H3,(H,16,18);3-4H,1-2H3;3-4,11H,1-2H3;2-4H,1H3/t15-,16-,19-;9-,11-;;;/m11.../s1. The van der Waals surface area contributed by atoms with E-state index in [1.807, 2.05) is 89.2 Å². The van der Waals surface area contributed by atoms with Crippen LogP contribution in [0.3, 0.4) is 0 Å². The fourth-order valence-electron chi connectivity index (χ4n) is 10.3. The number of benzene rings is 6. The second-order valence-corrected chi connectivity index (χ2v) is 29.1. The van der Waals surface area contributed by atoms with E-state index in [-0.39, 0.29) is 41.9 Å². The highest BCUT2D eigenvalue weighted by atomic mass is 79.9. The molecule has 20 heteroatoms. The number of hydrogen-bond acceptors (Lipinski definition) is 16. The van der Waals surface area contributed by atoms with E-state index >= 15 is 0 Å². The van der Waals surface area contributed by atoms with Gasteiger partial charge in [-0.2, -0.15) is 0 Å². The summed E-state index contributed by atoms with van der Waals surface area (Å²) in [5.41, 5.74) is 13.9. The molecule has 2 saturated heterocycles.